The maximum atomic E-state index is 13.4. The van der Waals surface area contributed by atoms with Crippen LogP contribution in [0.4, 0.5) is 5.69 Å². The van der Waals surface area contributed by atoms with E-state index in [1.54, 1.807) is 55.3 Å². The molecule has 1 aliphatic rings. The van der Waals surface area contributed by atoms with E-state index in [1.807, 2.05) is 12.1 Å². The van der Waals surface area contributed by atoms with Crippen LogP contribution in [0.1, 0.15) is 51.0 Å². The van der Waals surface area contributed by atoms with Crippen molar-refractivity contribution in [1.82, 2.24) is 10.2 Å². The largest absolute Gasteiger partial charge is 0.497 e. The molecule has 0 unspecified atom stereocenters. The van der Waals surface area contributed by atoms with Gasteiger partial charge in [0.2, 0.25) is 21.8 Å². The Morgan fingerprint density at radius 3 is 2.27 bits per heavy atom. The predicted octanol–water partition coefficient (Wildman–Crippen LogP) is 4.37. The molecule has 3 rings (SSSR count). The van der Waals surface area contributed by atoms with Gasteiger partial charge in [-0.15, -0.1) is 0 Å². The van der Waals surface area contributed by atoms with Crippen molar-refractivity contribution in [3.63, 3.8) is 0 Å². The number of carbonyl (C=O) groups excluding carboxylic acids is 2. The van der Waals surface area contributed by atoms with Gasteiger partial charge in [-0.3, -0.25) is 13.9 Å². The Morgan fingerprint density at radius 2 is 1.70 bits per heavy atom. The van der Waals surface area contributed by atoms with Gasteiger partial charge in [0.1, 0.15) is 11.8 Å². The number of ether oxygens (including phenoxy) is 1. The van der Waals surface area contributed by atoms with E-state index in [4.69, 9.17) is 16.3 Å². The van der Waals surface area contributed by atoms with Gasteiger partial charge in [-0.2, -0.15) is 0 Å². The number of nitrogens with one attached hydrogen (secondary N) is 1. The fourth-order valence-electron chi connectivity index (χ4n) is 4.51. The quantitative estimate of drug-likeness (QED) is 0.424. The van der Waals surface area contributed by atoms with Crippen LogP contribution < -0.4 is 14.4 Å². The molecule has 2 aromatic carbocycles. The molecular formula is C27H36ClN3O5S. The zero-order valence-corrected chi connectivity index (χ0v) is 23.2. The summed E-state index contributed by atoms with van der Waals surface area (Å²) in [6, 6.07) is 13.4. The van der Waals surface area contributed by atoms with E-state index in [1.165, 1.54) is 4.31 Å². The number of sulfonamides is 1. The van der Waals surface area contributed by atoms with Crippen LogP contribution in [0.5, 0.6) is 5.75 Å². The summed E-state index contributed by atoms with van der Waals surface area (Å²) in [4.78, 5) is 28.0. The smallest absolute Gasteiger partial charge is 0.242 e. The van der Waals surface area contributed by atoms with Crippen LogP contribution in [-0.2, 0) is 26.2 Å². The molecule has 0 aromatic heterocycles. The Kier molecular flexibility index (Phi) is 10.2. The van der Waals surface area contributed by atoms with Gasteiger partial charge in [-0.1, -0.05) is 36.6 Å². The van der Waals surface area contributed by atoms with Crippen molar-refractivity contribution in [2.75, 3.05) is 24.2 Å². The predicted molar refractivity (Wildman–Crippen MR) is 146 cm³/mol. The summed E-state index contributed by atoms with van der Waals surface area (Å²) in [6.07, 6.45) is 5.63. The molecule has 0 aliphatic heterocycles. The van der Waals surface area contributed by atoms with Crippen LogP contribution in [0.3, 0.4) is 0 Å². The average molecular weight is 550 g/mol. The van der Waals surface area contributed by atoms with Crippen LogP contribution in [0, 0.1) is 0 Å². The molecule has 1 saturated carbocycles. The molecule has 202 valence electrons. The molecular weight excluding hydrogens is 514 g/mol. The summed E-state index contributed by atoms with van der Waals surface area (Å²) in [5.41, 5.74) is 1.35. The van der Waals surface area contributed by atoms with Gasteiger partial charge in [0.25, 0.3) is 0 Å². The molecule has 2 amide bonds. The summed E-state index contributed by atoms with van der Waals surface area (Å²) >= 11 is 6.02. The lowest BCUT2D eigenvalue weighted by Gasteiger charge is -2.30. The van der Waals surface area contributed by atoms with E-state index < -0.39 is 16.1 Å². The van der Waals surface area contributed by atoms with E-state index in [-0.39, 0.29) is 37.4 Å². The number of anilines is 1. The van der Waals surface area contributed by atoms with Gasteiger partial charge >= 0.3 is 0 Å². The summed E-state index contributed by atoms with van der Waals surface area (Å²) in [7, 11) is -2.02. The third-order valence-corrected chi connectivity index (χ3v) is 8.09. The van der Waals surface area contributed by atoms with Crippen molar-refractivity contribution in [2.24, 2.45) is 0 Å². The summed E-state index contributed by atoms with van der Waals surface area (Å²) in [6.45, 7) is 2.12. The fraction of sp³-hybridized carbons (Fsp3) is 0.481. The third kappa shape index (κ3) is 8.36. The second-order valence-electron chi connectivity index (χ2n) is 9.45. The Bertz CT molecular complexity index is 1150. The van der Waals surface area contributed by atoms with Crippen LogP contribution in [0.15, 0.2) is 48.5 Å². The average Bonchev–Trinajstić information content (AvgIpc) is 3.38. The van der Waals surface area contributed by atoms with Crippen LogP contribution >= 0.6 is 11.6 Å². The second kappa shape index (κ2) is 13.1. The monoisotopic (exact) mass is 549 g/mol. The molecule has 0 saturated heterocycles. The topological polar surface area (TPSA) is 96.0 Å². The first-order chi connectivity index (χ1) is 17.6. The lowest BCUT2D eigenvalue weighted by Crippen LogP contribution is -2.49. The van der Waals surface area contributed by atoms with Crippen LogP contribution in [0.2, 0.25) is 5.02 Å². The molecule has 0 spiro atoms. The summed E-state index contributed by atoms with van der Waals surface area (Å²) in [5.74, 6) is 0.229. The standard InChI is InChI=1S/C27H36ClN3O5S/c1-20(27(33)29-23-7-4-5-8-23)30(19-21-10-12-22(28)13-11-21)26(32)9-6-18-31(37(3,34)35)24-14-16-25(36-2)17-15-24/h10-17,20,23H,4-9,18-19H2,1-3H3,(H,29,33)/t20-/m1/s1. The van der Waals surface area contributed by atoms with Crippen molar-refractivity contribution in [1.29, 1.82) is 0 Å². The van der Waals surface area contributed by atoms with E-state index in [9.17, 15) is 18.0 Å². The Labute approximate surface area is 225 Å². The van der Waals surface area contributed by atoms with Crippen molar-refractivity contribution < 1.29 is 22.7 Å². The van der Waals surface area contributed by atoms with Gasteiger partial charge in [0.15, 0.2) is 0 Å². The lowest BCUT2D eigenvalue weighted by atomic mass is 10.1. The molecule has 10 heteroatoms. The molecule has 1 N–H and O–H groups in total. The Morgan fingerprint density at radius 1 is 1.08 bits per heavy atom. The first-order valence-corrected chi connectivity index (χ1v) is 14.8. The molecule has 37 heavy (non-hydrogen) atoms. The van der Waals surface area contributed by atoms with E-state index in [0.29, 0.717) is 22.9 Å². The van der Waals surface area contributed by atoms with Crippen molar-refractivity contribution in [2.45, 2.75) is 64.1 Å². The van der Waals surface area contributed by atoms with E-state index >= 15 is 0 Å². The second-order valence-corrected chi connectivity index (χ2v) is 11.8. The number of methoxy groups -OCH3 is 1. The zero-order chi connectivity index (χ0) is 27.0. The minimum atomic E-state index is -3.56. The molecule has 2 aromatic rings. The van der Waals surface area contributed by atoms with Gasteiger partial charge in [0, 0.05) is 30.6 Å². The van der Waals surface area contributed by atoms with Crippen molar-refractivity contribution in [3.8, 4) is 5.75 Å². The van der Waals surface area contributed by atoms with Crippen LogP contribution in [0.25, 0.3) is 0 Å². The number of rotatable bonds is 12. The summed E-state index contributed by atoms with van der Waals surface area (Å²) in [5, 5.41) is 3.67. The molecule has 0 radical (unpaired) electrons. The maximum Gasteiger partial charge on any atom is 0.242 e. The fourth-order valence-corrected chi connectivity index (χ4v) is 5.60. The lowest BCUT2D eigenvalue weighted by molar-refractivity contribution is -0.141. The molecule has 0 heterocycles. The summed E-state index contributed by atoms with van der Waals surface area (Å²) < 4.78 is 31.4. The van der Waals surface area contributed by atoms with Crippen LogP contribution in [-0.4, -0.2) is 57.1 Å². The minimum Gasteiger partial charge on any atom is -0.497 e. The first-order valence-electron chi connectivity index (χ1n) is 12.5. The number of halogens is 1. The van der Waals surface area contributed by atoms with Crippen molar-refractivity contribution in [3.05, 3.63) is 59.1 Å². The minimum absolute atomic E-state index is 0.0941. The maximum absolute atomic E-state index is 13.4. The molecule has 0 bridgehead atoms. The van der Waals surface area contributed by atoms with Gasteiger partial charge in [0.05, 0.1) is 19.1 Å². The number of benzene rings is 2. The van der Waals surface area contributed by atoms with E-state index in [0.717, 1.165) is 37.5 Å². The molecule has 1 aliphatic carbocycles. The zero-order valence-electron chi connectivity index (χ0n) is 21.7. The van der Waals surface area contributed by atoms with Gasteiger partial charge < -0.3 is 15.0 Å². The highest BCUT2D eigenvalue weighted by Crippen LogP contribution is 2.23. The highest BCUT2D eigenvalue weighted by atomic mass is 35.5. The SMILES string of the molecule is COc1ccc(N(CCCC(=O)N(Cc2ccc(Cl)cc2)[C@H](C)C(=O)NC2CCCC2)S(C)(=O)=O)cc1. The van der Waals surface area contributed by atoms with Gasteiger partial charge in [-0.05, 0) is 68.1 Å². The number of amides is 2. The van der Waals surface area contributed by atoms with E-state index in [2.05, 4.69) is 5.32 Å². The highest BCUT2D eigenvalue weighted by molar-refractivity contribution is 7.92. The normalized spacial score (nSPS) is 14.7. The number of carbonyl (C=O) groups is 2. The Balaban J connectivity index is 1.70. The number of hydrogen-bond acceptors (Lipinski definition) is 5. The molecule has 8 nitrogen and oxygen atoms in total. The number of nitrogens with zero attached hydrogens (tertiary/aromatic N) is 2. The van der Waals surface area contributed by atoms with Crippen molar-refractivity contribution >= 4 is 39.1 Å². The molecule has 1 atom stereocenters. The van der Waals surface area contributed by atoms with Gasteiger partial charge in [-0.25, -0.2) is 8.42 Å². The third-order valence-electron chi connectivity index (χ3n) is 6.65. The highest BCUT2D eigenvalue weighted by Gasteiger charge is 2.28. The Hall–Kier alpha value is -2.78. The number of hydrogen-bond donors (Lipinski definition) is 1. The first kappa shape index (κ1) is 28.8. The molecule has 1 fully saturated rings.